The van der Waals surface area contributed by atoms with Gasteiger partial charge in [-0.2, -0.15) is 5.26 Å². The fraction of sp³-hybridized carbons (Fsp3) is 0.100. The van der Waals surface area contributed by atoms with E-state index in [4.69, 9.17) is 10.4 Å². The highest BCUT2D eigenvalue weighted by molar-refractivity contribution is 9.10. The van der Waals surface area contributed by atoms with Crippen LogP contribution in [0.5, 0.6) is 0 Å². The molecular weight excluding hydrogens is 262 g/mol. The topological polar surface area (TPSA) is 44.0 Å². The zero-order valence-corrected chi connectivity index (χ0v) is 9.52. The minimum absolute atomic E-state index is 0.00909. The van der Waals surface area contributed by atoms with Crippen LogP contribution in [-0.4, -0.2) is 5.11 Å². The van der Waals surface area contributed by atoms with Crippen LogP contribution in [0.25, 0.3) is 10.1 Å². The third-order valence-corrected chi connectivity index (χ3v) is 3.80. The first-order valence-electron chi connectivity index (χ1n) is 3.98. The molecule has 1 aromatic heterocycles. The molecule has 2 aromatic rings. The first-order chi connectivity index (χ1) is 6.76. The molecule has 0 amide bonds. The first-order valence-corrected chi connectivity index (χ1v) is 5.59. The Kier molecular flexibility index (Phi) is 2.55. The van der Waals surface area contributed by atoms with Gasteiger partial charge >= 0.3 is 0 Å². The normalized spacial score (nSPS) is 10.4. The number of thiophene rings is 1. The number of hydrogen-bond donors (Lipinski definition) is 1. The highest BCUT2D eigenvalue weighted by Crippen LogP contribution is 2.33. The first kappa shape index (κ1) is 9.66. The molecule has 14 heavy (non-hydrogen) atoms. The van der Waals surface area contributed by atoms with Crippen molar-refractivity contribution in [1.82, 2.24) is 0 Å². The summed E-state index contributed by atoms with van der Waals surface area (Å²) in [5.74, 6) is 0. The van der Waals surface area contributed by atoms with Crippen molar-refractivity contribution in [3.05, 3.63) is 33.1 Å². The SMILES string of the molecule is N#Cc1cc2c(Br)ccc(CO)c2s1. The maximum absolute atomic E-state index is 9.12. The Labute approximate surface area is 93.5 Å². The minimum Gasteiger partial charge on any atom is -0.392 e. The molecule has 2 nitrogen and oxygen atoms in total. The highest BCUT2D eigenvalue weighted by Gasteiger charge is 2.08. The van der Waals surface area contributed by atoms with Crippen LogP contribution >= 0.6 is 27.3 Å². The molecule has 0 spiro atoms. The zero-order valence-electron chi connectivity index (χ0n) is 7.12. The molecule has 0 aliphatic carbocycles. The summed E-state index contributed by atoms with van der Waals surface area (Å²) in [6, 6.07) is 7.70. The summed E-state index contributed by atoms with van der Waals surface area (Å²) in [6.07, 6.45) is 0. The number of hydrogen-bond acceptors (Lipinski definition) is 3. The minimum atomic E-state index is 0.00909. The summed E-state index contributed by atoms with van der Waals surface area (Å²) < 4.78 is 1.95. The van der Waals surface area contributed by atoms with Gasteiger partial charge in [0.1, 0.15) is 10.9 Å². The van der Waals surface area contributed by atoms with Crippen LogP contribution in [0.3, 0.4) is 0 Å². The maximum atomic E-state index is 9.12. The lowest BCUT2D eigenvalue weighted by atomic mass is 10.2. The van der Waals surface area contributed by atoms with E-state index < -0.39 is 0 Å². The van der Waals surface area contributed by atoms with E-state index in [9.17, 15) is 0 Å². The third kappa shape index (κ3) is 1.44. The van der Waals surface area contributed by atoms with Crippen LogP contribution in [0.2, 0.25) is 0 Å². The Bertz CT molecular complexity index is 527. The van der Waals surface area contributed by atoms with Gasteiger partial charge in [-0.25, -0.2) is 0 Å². The molecule has 0 aliphatic rings. The van der Waals surface area contributed by atoms with Crippen LogP contribution in [0, 0.1) is 11.3 Å². The molecule has 1 aromatic carbocycles. The summed E-state index contributed by atoms with van der Waals surface area (Å²) in [7, 11) is 0. The van der Waals surface area contributed by atoms with Crippen LogP contribution in [0.1, 0.15) is 10.4 Å². The average Bonchev–Trinajstić information content (AvgIpc) is 2.63. The summed E-state index contributed by atoms with van der Waals surface area (Å²) in [6.45, 7) is 0.00909. The van der Waals surface area contributed by atoms with E-state index in [0.717, 1.165) is 20.1 Å². The Morgan fingerprint density at radius 2 is 2.29 bits per heavy atom. The molecule has 0 aliphatic heterocycles. The number of rotatable bonds is 1. The predicted octanol–water partition coefficient (Wildman–Crippen LogP) is 3.03. The molecule has 0 fully saturated rings. The van der Waals surface area contributed by atoms with E-state index >= 15 is 0 Å². The van der Waals surface area contributed by atoms with Gasteiger partial charge in [0, 0.05) is 14.6 Å². The van der Waals surface area contributed by atoms with Crippen LogP contribution in [-0.2, 0) is 6.61 Å². The number of halogens is 1. The van der Waals surface area contributed by atoms with Gasteiger partial charge in [-0.05, 0) is 17.7 Å². The number of aliphatic hydroxyl groups excluding tert-OH is 1. The molecule has 70 valence electrons. The third-order valence-electron chi connectivity index (χ3n) is 1.99. The summed E-state index contributed by atoms with van der Waals surface area (Å²) >= 11 is 4.83. The van der Waals surface area contributed by atoms with Gasteiger partial charge in [-0.1, -0.05) is 22.0 Å². The zero-order chi connectivity index (χ0) is 10.1. The van der Waals surface area contributed by atoms with Crippen LogP contribution in [0.4, 0.5) is 0 Å². The van der Waals surface area contributed by atoms with E-state index in [2.05, 4.69) is 22.0 Å². The monoisotopic (exact) mass is 267 g/mol. The maximum Gasteiger partial charge on any atom is 0.110 e. The number of nitriles is 1. The Morgan fingerprint density at radius 3 is 2.93 bits per heavy atom. The largest absolute Gasteiger partial charge is 0.392 e. The van der Waals surface area contributed by atoms with E-state index in [1.165, 1.54) is 11.3 Å². The van der Waals surface area contributed by atoms with Crippen molar-refractivity contribution >= 4 is 37.4 Å². The molecule has 0 saturated carbocycles. The Hall–Kier alpha value is -0.890. The van der Waals surface area contributed by atoms with Crippen molar-refractivity contribution in [2.45, 2.75) is 6.61 Å². The summed E-state index contributed by atoms with van der Waals surface area (Å²) in [5, 5.41) is 18.9. The lowest BCUT2D eigenvalue weighted by Crippen LogP contribution is -1.82. The van der Waals surface area contributed by atoms with Crippen molar-refractivity contribution < 1.29 is 5.11 Å². The number of benzene rings is 1. The van der Waals surface area contributed by atoms with Gasteiger partial charge in [0.25, 0.3) is 0 Å². The molecule has 1 heterocycles. The van der Waals surface area contributed by atoms with Crippen molar-refractivity contribution in [3.63, 3.8) is 0 Å². The van der Waals surface area contributed by atoms with Gasteiger partial charge in [0.15, 0.2) is 0 Å². The average molecular weight is 268 g/mol. The van der Waals surface area contributed by atoms with Gasteiger partial charge in [-0.15, -0.1) is 11.3 Å². The molecule has 0 bridgehead atoms. The van der Waals surface area contributed by atoms with E-state index in [1.807, 2.05) is 18.2 Å². The molecular formula is C10H6BrNOS. The molecule has 2 rings (SSSR count). The van der Waals surface area contributed by atoms with Crippen molar-refractivity contribution in [3.8, 4) is 6.07 Å². The van der Waals surface area contributed by atoms with Crippen molar-refractivity contribution in [1.29, 1.82) is 5.26 Å². The molecule has 1 N–H and O–H groups in total. The molecule has 0 saturated heterocycles. The fourth-order valence-electron chi connectivity index (χ4n) is 1.33. The van der Waals surface area contributed by atoms with Crippen molar-refractivity contribution in [2.75, 3.05) is 0 Å². The Morgan fingerprint density at radius 1 is 1.50 bits per heavy atom. The lowest BCUT2D eigenvalue weighted by Gasteiger charge is -1.99. The van der Waals surface area contributed by atoms with Gasteiger partial charge in [-0.3, -0.25) is 0 Å². The van der Waals surface area contributed by atoms with Gasteiger partial charge in [0.05, 0.1) is 6.61 Å². The smallest absolute Gasteiger partial charge is 0.110 e. The quantitative estimate of drug-likeness (QED) is 0.863. The van der Waals surface area contributed by atoms with E-state index in [-0.39, 0.29) is 6.61 Å². The molecule has 0 unspecified atom stereocenters. The van der Waals surface area contributed by atoms with Crippen molar-refractivity contribution in [2.24, 2.45) is 0 Å². The molecule has 4 heteroatoms. The van der Waals surface area contributed by atoms with Gasteiger partial charge < -0.3 is 5.11 Å². The van der Waals surface area contributed by atoms with Crippen LogP contribution in [0.15, 0.2) is 22.7 Å². The summed E-state index contributed by atoms with van der Waals surface area (Å²) in [5.41, 5.74) is 0.870. The second kappa shape index (κ2) is 3.70. The molecule has 0 radical (unpaired) electrons. The lowest BCUT2D eigenvalue weighted by molar-refractivity contribution is 0.283. The van der Waals surface area contributed by atoms with E-state index in [1.54, 1.807) is 0 Å². The van der Waals surface area contributed by atoms with Crippen LogP contribution < -0.4 is 0 Å². The number of nitrogens with zero attached hydrogens (tertiary/aromatic N) is 1. The van der Waals surface area contributed by atoms with E-state index in [0.29, 0.717) is 4.88 Å². The highest BCUT2D eigenvalue weighted by atomic mass is 79.9. The predicted molar refractivity (Wildman–Crippen MR) is 60.2 cm³/mol. The number of aliphatic hydroxyl groups is 1. The fourth-order valence-corrected chi connectivity index (χ4v) is 2.89. The standard InChI is InChI=1S/C10H6BrNOS/c11-9-2-1-6(5-13)10-8(9)3-7(4-12)14-10/h1-3,13H,5H2. The summed E-state index contributed by atoms with van der Waals surface area (Å²) in [4.78, 5) is 0.668. The van der Waals surface area contributed by atoms with Gasteiger partial charge in [0.2, 0.25) is 0 Å². The second-order valence-corrected chi connectivity index (χ2v) is 4.74. The number of fused-ring (bicyclic) bond motifs is 1. The molecule has 0 atom stereocenters. The Balaban J connectivity index is 2.83. The second-order valence-electron chi connectivity index (χ2n) is 2.83.